The first-order valence-corrected chi connectivity index (χ1v) is 8.67. The Morgan fingerprint density at radius 2 is 1.93 bits per heavy atom. The number of benzene rings is 1. The van der Waals surface area contributed by atoms with E-state index in [0.717, 1.165) is 4.68 Å². The highest BCUT2D eigenvalue weighted by Crippen LogP contribution is 2.13. The smallest absolute Gasteiger partial charge is 0.338 e. The maximum Gasteiger partial charge on any atom is 0.338 e. The highest BCUT2D eigenvalue weighted by molar-refractivity contribution is 5.94. The molecule has 0 fully saturated rings. The van der Waals surface area contributed by atoms with Gasteiger partial charge in [-0.3, -0.25) is 9.59 Å². The minimum absolute atomic E-state index is 0.286. The Morgan fingerprint density at radius 1 is 1.18 bits per heavy atom. The van der Waals surface area contributed by atoms with Gasteiger partial charge < -0.3 is 10.1 Å². The van der Waals surface area contributed by atoms with Crippen LogP contribution < -0.4 is 10.9 Å². The molecule has 0 bridgehead atoms. The van der Waals surface area contributed by atoms with Crippen LogP contribution in [0.15, 0.2) is 59.7 Å². The number of carbonyl (C=O) groups is 2. The highest BCUT2D eigenvalue weighted by Gasteiger charge is 2.18. The largest absolute Gasteiger partial charge is 0.462 e. The maximum absolute atomic E-state index is 12.6. The lowest BCUT2D eigenvalue weighted by Gasteiger charge is -2.15. The fraction of sp³-hybridized carbons (Fsp3) is 0.211. The van der Waals surface area contributed by atoms with Gasteiger partial charge in [-0.15, -0.1) is 5.10 Å². The van der Waals surface area contributed by atoms with Crippen LogP contribution in [0.3, 0.4) is 0 Å². The number of ether oxygens (including phenoxy) is 1. The molecule has 0 saturated carbocycles. The molecule has 144 valence electrons. The first-order chi connectivity index (χ1) is 13.5. The lowest BCUT2D eigenvalue weighted by atomic mass is 10.2. The Hall–Kier alpha value is -3.75. The van der Waals surface area contributed by atoms with Crippen LogP contribution in [-0.4, -0.2) is 38.0 Å². The van der Waals surface area contributed by atoms with Crippen molar-refractivity contribution in [3.05, 3.63) is 70.8 Å². The molecule has 1 N–H and O–H groups in total. The van der Waals surface area contributed by atoms with Gasteiger partial charge in [0.2, 0.25) is 5.91 Å². The summed E-state index contributed by atoms with van der Waals surface area (Å²) in [5, 5.41) is 11.0. The second kappa shape index (κ2) is 8.30. The molecule has 9 heteroatoms. The third kappa shape index (κ3) is 4.14. The van der Waals surface area contributed by atoms with Crippen molar-refractivity contribution in [2.45, 2.75) is 19.9 Å². The Labute approximate surface area is 160 Å². The summed E-state index contributed by atoms with van der Waals surface area (Å²) in [7, 11) is 0. The zero-order valence-electron chi connectivity index (χ0n) is 15.4. The van der Waals surface area contributed by atoms with Gasteiger partial charge >= 0.3 is 5.97 Å². The zero-order valence-corrected chi connectivity index (χ0v) is 15.4. The number of nitrogens with one attached hydrogen (secondary N) is 1. The molecular weight excluding hydrogens is 362 g/mol. The Kier molecular flexibility index (Phi) is 5.64. The van der Waals surface area contributed by atoms with Gasteiger partial charge in [-0.2, -0.15) is 5.10 Å². The summed E-state index contributed by atoms with van der Waals surface area (Å²) in [5.74, 6) is -0.431. The van der Waals surface area contributed by atoms with Gasteiger partial charge in [0.05, 0.1) is 12.2 Å². The number of aromatic nitrogens is 4. The molecule has 1 amide bonds. The fourth-order valence-electron chi connectivity index (χ4n) is 2.48. The quantitative estimate of drug-likeness (QED) is 0.653. The van der Waals surface area contributed by atoms with Crippen LogP contribution in [0.1, 0.15) is 30.2 Å². The van der Waals surface area contributed by atoms with Crippen LogP contribution in [0.5, 0.6) is 0 Å². The minimum atomic E-state index is -0.854. The average Bonchev–Trinajstić information content (AvgIpc) is 3.23. The summed E-state index contributed by atoms with van der Waals surface area (Å²) in [6.07, 6.45) is 3.28. The van der Waals surface area contributed by atoms with Crippen LogP contribution >= 0.6 is 0 Å². The van der Waals surface area contributed by atoms with Crippen molar-refractivity contribution in [2.24, 2.45) is 0 Å². The van der Waals surface area contributed by atoms with E-state index in [4.69, 9.17) is 4.74 Å². The molecule has 1 atom stereocenters. The SMILES string of the molecule is CCOC(=O)c1ccc(NC(=O)C(C)n2nc(-n3cccn3)ccc2=O)cc1. The van der Waals surface area contributed by atoms with E-state index in [9.17, 15) is 14.4 Å². The molecule has 2 aromatic heterocycles. The Balaban J connectivity index is 1.75. The van der Waals surface area contributed by atoms with Gasteiger partial charge in [0.15, 0.2) is 5.82 Å². The van der Waals surface area contributed by atoms with E-state index in [1.807, 2.05) is 0 Å². The second-order valence-corrected chi connectivity index (χ2v) is 5.89. The van der Waals surface area contributed by atoms with E-state index in [1.165, 1.54) is 16.8 Å². The fourth-order valence-corrected chi connectivity index (χ4v) is 2.48. The van der Waals surface area contributed by atoms with E-state index < -0.39 is 23.5 Å². The lowest BCUT2D eigenvalue weighted by molar-refractivity contribution is -0.119. The average molecular weight is 381 g/mol. The standard InChI is InChI=1S/C19H19N5O4/c1-3-28-19(27)14-5-7-15(8-6-14)21-18(26)13(2)24-17(25)10-9-16(22-24)23-12-4-11-20-23/h4-13H,3H2,1-2H3,(H,21,26). The summed E-state index contributed by atoms with van der Waals surface area (Å²) in [6.45, 7) is 3.59. The van der Waals surface area contributed by atoms with Crippen molar-refractivity contribution in [3.8, 4) is 5.82 Å². The number of esters is 1. The van der Waals surface area contributed by atoms with Crippen LogP contribution in [0.4, 0.5) is 5.69 Å². The molecule has 28 heavy (non-hydrogen) atoms. The first kappa shape index (κ1) is 19.0. The third-order valence-electron chi connectivity index (χ3n) is 3.96. The van der Waals surface area contributed by atoms with Gasteiger partial charge in [-0.1, -0.05) is 0 Å². The molecule has 0 radical (unpaired) electrons. The summed E-state index contributed by atoms with van der Waals surface area (Å²) in [6, 6.07) is 10.0. The molecule has 0 saturated heterocycles. The molecule has 3 aromatic rings. The number of hydrogen-bond acceptors (Lipinski definition) is 6. The predicted octanol–water partition coefficient (Wildman–Crippen LogP) is 1.81. The van der Waals surface area contributed by atoms with Gasteiger partial charge in [0.25, 0.3) is 5.56 Å². The number of nitrogens with zero attached hydrogens (tertiary/aromatic N) is 4. The Bertz CT molecular complexity index is 1030. The van der Waals surface area contributed by atoms with Crippen LogP contribution in [0, 0.1) is 0 Å². The normalized spacial score (nSPS) is 11.6. The molecule has 0 aliphatic heterocycles. The molecule has 1 aromatic carbocycles. The molecule has 9 nitrogen and oxygen atoms in total. The number of carbonyl (C=O) groups excluding carboxylic acids is 2. The number of rotatable bonds is 6. The highest BCUT2D eigenvalue weighted by atomic mass is 16.5. The van der Waals surface area contributed by atoms with Crippen molar-refractivity contribution >= 4 is 17.6 Å². The topological polar surface area (TPSA) is 108 Å². The maximum atomic E-state index is 12.6. The van der Waals surface area contributed by atoms with Gasteiger partial charge in [0, 0.05) is 24.1 Å². The zero-order chi connectivity index (χ0) is 20.1. The van der Waals surface area contributed by atoms with Gasteiger partial charge in [0.1, 0.15) is 6.04 Å². The summed E-state index contributed by atoms with van der Waals surface area (Å²) >= 11 is 0. The molecule has 1 unspecified atom stereocenters. The lowest BCUT2D eigenvalue weighted by Crippen LogP contribution is -2.33. The number of anilines is 1. The molecule has 0 aliphatic carbocycles. The van der Waals surface area contributed by atoms with E-state index >= 15 is 0 Å². The van der Waals surface area contributed by atoms with Crippen molar-refractivity contribution in [2.75, 3.05) is 11.9 Å². The van der Waals surface area contributed by atoms with Crippen molar-refractivity contribution in [1.29, 1.82) is 0 Å². The predicted molar refractivity (Wildman–Crippen MR) is 101 cm³/mol. The Morgan fingerprint density at radius 3 is 2.57 bits per heavy atom. The third-order valence-corrected chi connectivity index (χ3v) is 3.96. The summed E-state index contributed by atoms with van der Waals surface area (Å²) in [5.41, 5.74) is 0.468. The number of amides is 1. The first-order valence-electron chi connectivity index (χ1n) is 8.67. The number of hydrogen-bond donors (Lipinski definition) is 1. The second-order valence-electron chi connectivity index (χ2n) is 5.89. The monoisotopic (exact) mass is 381 g/mol. The van der Waals surface area contributed by atoms with Crippen LogP contribution in [0.25, 0.3) is 5.82 Å². The van der Waals surface area contributed by atoms with E-state index in [0.29, 0.717) is 17.1 Å². The van der Waals surface area contributed by atoms with Crippen molar-refractivity contribution < 1.29 is 14.3 Å². The van der Waals surface area contributed by atoms with E-state index in [-0.39, 0.29) is 6.61 Å². The van der Waals surface area contributed by atoms with Crippen molar-refractivity contribution in [1.82, 2.24) is 19.6 Å². The van der Waals surface area contributed by atoms with E-state index in [2.05, 4.69) is 15.5 Å². The molecule has 0 spiro atoms. The summed E-state index contributed by atoms with van der Waals surface area (Å²) < 4.78 is 7.51. The summed E-state index contributed by atoms with van der Waals surface area (Å²) in [4.78, 5) is 36.4. The van der Waals surface area contributed by atoms with E-state index in [1.54, 1.807) is 56.6 Å². The van der Waals surface area contributed by atoms with Crippen molar-refractivity contribution in [3.63, 3.8) is 0 Å². The molecule has 2 heterocycles. The van der Waals surface area contributed by atoms with Gasteiger partial charge in [-0.25, -0.2) is 14.2 Å². The molecular formula is C19H19N5O4. The molecule has 3 rings (SSSR count). The van der Waals surface area contributed by atoms with Gasteiger partial charge in [-0.05, 0) is 50.2 Å². The van der Waals surface area contributed by atoms with Crippen LogP contribution in [-0.2, 0) is 9.53 Å². The molecule has 0 aliphatic rings. The van der Waals surface area contributed by atoms with Crippen LogP contribution in [0.2, 0.25) is 0 Å². The minimum Gasteiger partial charge on any atom is -0.462 e.